The van der Waals surface area contributed by atoms with Gasteiger partial charge in [-0.25, -0.2) is 9.97 Å². The van der Waals surface area contributed by atoms with Crippen LogP contribution in [0.5, 0.6) is 5.88 Å². The Morgan fingerprint density at radius 1 is 1.47 bits per heavy atom. The van der Waals surface area contributed by atoms with Gasteiger partial charge in [-0.15, -0.1) is 11.6 Å². The van der Waals surface area contributed by atoms with Crippen molar-refractivity contribution in [3.8, 4) is 5.88 Å². The second-order valence-corrected chi connectivity index (χ2v) is 4.56. The second kappa shape index (κ2) is 4.66. The van der Waals surface area contributed by atoms with E-state index in [1.54, 1.807) is 13.2 Å². The van der Waals surface area contributed by atoms with Gasteiger partial charge in [0, 0.05) is 11.6 Å². The van der Waals surface area contributed by atoms with E-state index in [4.69, 9.17) is 16.3 Å². The van der Waals surface area contributed by atoms with Crippen LogP contribution < -0.4 is 10.1 Å². The molecule has 0 aliphatic heterocycles. The van der Waals surface area contributed by atoms with Gasteiger partial charge < -0.3 is 10.1 Å². The molecule has 5 heteroatoms. The maximum absolute atomic E-state index is 6.06. The molecule has 0 amide bonds. The Hall–Kier alpha value is -1.03. The second-order valence-electron chi connectivity index (χ2n) is 3.91. The first kappa shape index (κ1) is 12.0. The molecule has 4 nitrogen and oxygen atoms in total. The first-order valence-corrected chi connectivity index (χ1v) is 5.17. The third-order valence-electron chi connectivity index (χ3n) is 2.30. The highest BCUT2D eigenvalue weighted by Crippen LogP contribution is 2.21. The molecule has 0 aromatic carbocycles. The fourth-order valence-corrected chi connectivity index (χ4v) is 1.00. The number of hydrogen-bond acceptors (Lipinski definition) is 4. The van der Waals surface area contributed by atoms with Crippen molar-refractivity contribution in [3.63, 3.8) is 0 Å². The average Bonchev–Trinajstić information content (AvgIpc) is 2.17. The zero-order chi connectivity index (χ0) is 11.5. The Kier molecular flexibility index (Phi) is 3.74. The summed E-state index contributed by atoms with van der Waals surface area (Å²) in [6.07, 6.45) is 1.45. The zero-order valence-electron chi connectivity index (χ0n) is 9.41. The van der Waals surface area contributed by atoms with Crippen LogP contribution in [0, 0.1) is 0 Å². The lowest BCUT2D eigenvalue weighted by Crippen LogP contribution is -2.39. The van der Waals surface area contributed by atoms with E-state index in [0.717, 1.165) is 0 Å². The standard InChI is InChI=1S/C10H16ClN3O/c1-7(11)10(2,3)14-8-5-9(15-4)13-6-12-8/h5-7H,1-4H3,(H,12,13,14). The van der Waals surface area contributed by atoms with E-state index in [9.17, 15) is 0 Å². The number of ether oxygens (including phenoxy) is 1. The van der Waals surface area contributed by atoms with Crippen LogP contribution in [-0.2, 0) is 0 Å². The van der Waals surface area contributed by atoms with E-state index in [1.807, 2.05) is 20.8 Å². The third kappa shape index (κ3) is 3.23. The number of methoxy groups -OCH3 is 1. The van der Waals surface area contributed by atoms with Gasteiger partial charge in [-0.1, -0.05) is 0 Å². The van der Waals surface area contributed by atoms with Crippen LogP contribution in [0.4, 0.5) is 5.82 Å². The van der Waals surface area contributed by atoms with Gasteiger partial charge >= 0.3 is 0 Å². The highest BCUT2D eigenvalue weighted by Gasteiger charge is 2.24. The first-order chi connectivity index (χ1) is 6.95. The Morgan fingerprint density at radius 3 is 2.67 bits per heavy atom. The van der Waals surface area contributed by atoms with Crippen molar-refractivity contribution in [1.82, 2.24) is 9.97 Å². The van der Waals surface area contributed by atoms with Gasteiger partial charge in [-0.2, -0.15) is 0 Å². The summed E-state index contributed by atoms with van der Waals surface area (Å²) in [5, 5.41) is 3.21. The molecule has 1 heterocycles. The molecule has 0 saturated carbocycles. The predicted molar refractivity (Wildman–Crippen MR) is 61.6 cm³/mol. The molecule has 15 heavy (non-hydrogen) atoms. The third-order valence-corrected chi connectivity index (χ3v) is 2.84. The molecule has 0 radical (unpaired) electrons. The van der Waals surface area contributed by atoms with Crippen molar-refractivity contribution in [1.29, 1.82) is 0 Å². The van der Waals surface area contributed by atoms with Crippen molar-refractivity contribution in [2.45, 2.75) is 31.7 Å². The maximum Gasteiger partial charge on any atom is 0.218 e. The van der Waals surface area contributed by atoms with Gasteiger partial charge in [-0.3, -0.25) is 0 Å². The SMILES string of the molecule is COc1cc(NC(C)(C)C(C)Cl)ncn1. The number of nitrogens with zero attached hydrogens (tertiary/aromatic N) is 2. The summed E-state index contributed by atoms with van der Waals surface area (Å²) >= 11 is 6.06. The molecule has 0 bridgehead atoms. The van der Waals surface area contributed by atoms with E-state index in [1.165, 1.54) is 6.33 Å². The molecular weight excluding hydrogens is 214 g/mol. The number of halogens is 1. The van der Waals surface area contributed by atoms with Crippen LogP contribution in [0.25, 0.3) is 0 Å². The Balaban J connectivity index is 2.80. The van der Waals surface area contributed by atoms with Gasteiger partial charge in [0.2, 0.25) is 5.88 Å². The summed E-state index contributed by atoms with van der Waals surface area (Å²) in [5.41, 5.74) is -0.235. The van der Waals surface area contributed by atoms with Crippen LogP contribution in [0.3, 0.4) is 0 Å². The number of alkyl halides is 1. The molecule has 0 aliphatic rings. The molecule has 0 spiro atoms. The molecule has 0 fully saturated rings. The summed E-state index contributed by atoms with van der Waals surface area (Å²) in [6.45, 7) is 5.96. The lowest BCUT2D eigenvalue weighted by atomic mass is 10.0. The van der Waals surface area contributed by atoms with Crippen molar-refractivity contribution < 1.29 is 4.74 Å². The highest BCUT2D eigenvalue weighted by atomic mass is 35.5. The average molecular weight is 230 g/mol. The lowest BCUT2D eigenvalue weighted by Gasteiger charge is -2.29. The van der Waals surface area contributed by atoms with E-state index in [2.05, 4.69) is 15.3 Å². The van der Waals surface area contributed by atoms with E-state index in [0.29, 0.717) is 11.7 Å². The number of nitrogens with one attached hydrogen (secondary N) is 1. The molecule has 1 aromatic heterocycles. The zero-order valence-corrected chi connectivity index (χ0v) is 10.2. The van der Waals surface area contributed by atoms with Crippen LogP contribution in [0.1, 0.15) is 20.8 Å². The lowest BCUT2D eigenvalue weighted by molar-refractivity contribution is 0.397. The van der Waals surface area contributed by atoms with E-state index >= 15 is 0 Å². The van der Waals surface area contributed by atoms with Crippen molar-refractivity contribution >= 4 is 17.4 Å². The molecule has 1 unspecified atom stereocenters. The fourth-order valence-electron chi connectivity index (χ4n) is 0.949. The summed E-state index contributed by atoms with van der Waals surface area (Å²) in [6, 6.07) is 1.74. The van der Waals surface area contributed by atoms with Gasteiger partial charge in [-0.05, 0) is 20.8 Å². The maximum atomic E-state index is 6.06. The fraction of sp³-hybridized carbons (Fsp3) is 0.600. The molecule has 1 atom stereocenters. The first-order valence-electron chi connectivity index (χ1n) is 4.74. The minimum absolute atomic E-state index is 0.0153. The normalized spacial score (nSPS) is 13.4. The summed E-state index contributed by atoms with van der Waals surface area (Å²) in [5.74, 6) is 1.24. The van der Waals surface area contributed by atoms with Crippen molar-refractivity contribution in [2.75, 3.05) is 12.4 Å². The van der Waals surface area contributed by atoms with Crippen LogP contribution in [0.15, 0.2) is 12.4 Å². The van der Waals surface area contributed by atoms with Gasteiger partial charge in [0.15, 0.2) is 0 Å². The molecule has 0 saturated heterocycles. The van der Waals surface area contributed by atoms with Gasteiger partial charge in [0.25, 0.3) is 0 Å². The minimum atomic E-state index is -0.235. The monoisotopic (exact) mass is 229 g/mol. The molecular formula is C10H16ClN3O. The van der Waals surface area contributed by atoms with E-state index in [-0.39, 0.29) is 10.9 Å². The Morgan fingerprint density at radius 2 is 2.13 bits per heavy atom. The number of hydrogen-bond donors (Lipinski definition) is 1. The van der Waals surface area contributed by atoms with Crippen LogP contribution in [0.2, 0.25) is 0 Å². The van der Waals surface area contributed by atoms with Gasteiger partial charge in [0.05, 0.1) is 12.5 Å². The smallest absolute Gasteiger partial charge is 0.218 e. The van der Waals surface area contributed by atoms with Gasteiger partial charge in [0.1, 0.15) is 12.1 Å². The van der Waals surface area contributed by atoms with Crippen LogP contribution >= 0.6 is 11.6 Å². The summed E-state index contributed by atoms with van der Waals surface area (Å²) < 4.78 is 5.01. The molecule has 1 rings (SSSR count). The topological polar surface area (TPSA) is 47.0 Å². The quantitative estimate of drug-likeness (QED) is 0.805. The summed E-state index contributed by atoms with van der Waals surface area (Å²) in [4.78, 5) is 8.02. The Bertz CT molecular complexity index is 328. The van der Waals surface area contributed by atoms with E-state index < -0.39 is 0 Å². The van der Waals surface area contributed by atoms with Crippen LogP contribution in [-0.4, -0.2) is 28.0 Å². The summed E-state index contributed by atoms with van der Waals surface area (Å²) in [7, 11) is 1.57. The molecule has 84 valence electrons. The number of rotatable bonds is 4. The highest BCUT2D eigenvalue weighted by molar-refractivity contribution is 6.21. The largest absolute Gasteiger partial charge is 0.481 e. The number of anilines is 1. The molecule has 1 aromatic rings. The van der Waals surface area contributed by atoms with Crippen molar-refractivity contribution in [3.05, 3.63) is 12.4 Å². The molecule has 1 N–H and O–H groups in total. The predicted octanol–water partition coefficient (Wildman–Crippen LogP) is 2.30. The Labute approximate surface area is 95.0 Å². The minimum Gasteiger partial charge on any atom is -0.481 e. The number of aromatic nitrogens is 2. The molecule has 0 aliphatic carbocycles. The van der Waals surface area contributed by atoms with Crippen molar-refractivity contribution in [2.24, 2.45) is 0 Å².